The van der Waals surface area contributed by atoms with Crippen LogP contribution in [0.5, 0.6) is 0 Å². The smallest absolute Gasteiger partial charge is 0.242 e. The third-order valence-electron chi connectivity index (χ3n) is 1.53. The Labute approximate surface area is 88.4 Å². The normalized spacial score (nSPS) is 13.9. The maximum Gasteiger partial charge on any atom is 0.242 e. The van der Waals surface area contributed by atoms with E-state index in [0.717, 1.165) is 0 Å². The van der Waals surface area contributed by atoms with Crippen molar-refractivity contribution in [1.82, 2.24) is 9.71 Å². The van der Waals surface area contributed by atoms with Crippen molar-refractivity contribution in [1.29, 1.82) is 0 Å². The van der Waals surface area contributed by atoms with Gasteiger partial charge in [-0.15, -0.1) is 11.6 Å². The maximum atomic E-state index is 11.6. The van der Waals surface area contributed by atoms with E-state index in [1.165, 1.54) is 18.5 Å². The number of alkyl halides is 1. The molecule has 0 aliphatic rings. The van der Waals surface area contributed by atoms with E-state index in [1.807, 2.05) is 0 Å². The summed E-state index contributed by atoms with van der Waals surface area (Å²) in [5, 5.41) is 0. The molecule has 1 heterocycles. The summed E-state index contributed by atoms with van der Waals surface area (Å²) in [7, 11) is -3.47. The lowest BCUT2D eigenvalue weighted by Crippen LogP contribution is -2.33. The maximum absolute atomic E-state index is 11.6. The molecule has 1 rings (SSSR count). The van der Waals surface area contributed by atoms with Crippen LogP contribution in [0.4, 0.5) is 0 Å². The van der Waals surface area contributed by atoms with Gasteiger partial charge in [-0.2, -0.15) is 0 Å². The monoisotopic (exact) mass is 234 g/mol. The lowest BCUT2D eigenvalue weighted by atomic mass is 10.4. The molecule has 0 amide bonds. The van der Waals surface area contributed by atoms with Gasteiger partial charge in [0.1, 0.15) is 4.90 Å². The molecule has 0 aromatic carbocycles. The Morgan fingerprint density at radius 3 is 2.86 bits per heavy atom. The van der Waals surface area contributed by atoms with Gasteiger partial charge in [-0.05, 0) is 19.1 Å². The summed E-state index contributed by atoms with van der Waals surface area (Å²) in [6, 6.07) is 2.76. The Balaban J connectivity index is 2.87. The van der Waals surface area contributed by atoms with Crippen LogP contribution in [0, 0.1) is 0 Å². The highest BCUT2D eigenvalue weighted by molar-refractivity contribution is 7.89. The van der Waals surface area contributed by atoms with Crippen LogP contribution in [0.15, 0.2) is 29.4 Å². The second-order valence-electron chi connectivity index (χ2n) is 2.87. The zero-order valence-corrected chi connectivity index (χ0v) is 9.22. The van der Waals surface area contributed by atoms with Gasteiger partial charge < -0.3 is 0 Å². The van der Waals surface area contributed by atoms with Crippen molar-refractivity contribution < 1.29 is 8.42 Å². The minimum atomic E-state index is -3.47. The van der Waals surface area contributed by atoms with Crippen LogP contribution in [0.2, 0.25) is 0 Å². The van der Waals surface area contributed by atoms with E-state index < -0.39 is 10.0 Å². The van der Waals surface area contributed by atoms with Crippen molar-refractivity contribution in [3.63, 3.8) is 0 Å². The van der Waals surface area contributed by atoms with Gasteiger partial charge in [0.05, 0.1) is 0 Å². The third-order valence-corrected chi connectivity index (χ3v) is 3.57. The van der Waals surface area contributed by atoms with Gasteiger partial charge >= 0.3 is 0 Å². The van der Waals surface area contributed by atoms with Crippen molar-refractivity contribution in [2.24, 2.45) is 0 Å². The van der Waals surface area contributed by atoms with Crippen LogP contribution in [-0.2, 0) is 10.0 Å². The number of nitrogens with zero attached hydrogens (tertiary/aromatic N) is 1. The summed E-state index contributed by atoms with van der Waals surface area (Å²) in [4.78, 5) is 3.88. The first-order chi connectivity index (χ1) is 6.56. The molecule has 1 N–H and O–H groups in total. The SMILES string of the molecule is CC(CCl)NS(=O)(=O)c1cccnc1. The van der Waals surface area contributed by atoms with E-state index in [4.69, 9.17) is 11.6 Å². The molecular formula is C8H11ClN2O2S. The number of nitrogens with one attached hydrogen (secondary N) is 1. The summed E-state index contributed by atoms with van der Waals surface area (Å²) in [6.07, 6.45) is 2.81. The minimum Gasteiger partial charge on any atom is -0.263 e. The van der Waals surface area contributed by atoms with Crippen LogP contribution < -0.4 is 4.72 Å². The molecule has 0 bridgehead atoms. The molecule has 0 saturated heterocycles. The Morgan fingerprint density at radius 2 is 2.36 bits per heavy atom. The topological polar surface area (TPSA) is 59.1 Å². The Bertz CT molecular complexity index is 380. The standard InChI is InChI=1S/C8H11ClN2O2S/c1-7(5-9)11-14(12,13)8-3-2-4-10-6-8/h2-4,6-7,11H,5H2,1H3. The van der Waals surface area contributed by atoms with Gasteiger partial charge in [0.25, 0.3) is 0 Å². The van der Waals surface area contributed by atoms with Gasteiger partial charge in [0, 0.05) is 24.3 Å². The van der Waals surface area contributed by atoms with E-state index in [9.17, 15) is 8.42 Å². The molecular weight excluding hydrogens is 224 g/mol. The average molecular weight is 235 g/mol. The van der Waals surface area contributed by atoms with E-state index in [2.05, 4.69) is 9.71 Å². The fourth-order valence-corrected chi connectivity index (χ4v) is 2.25. The van der Waals surface area contributed by atoms with Gasteiger partial charge in [-0.1, -0.05) is 0 Å². The number of halogens is 1. The molecule has 0 fully saturated rings. The number of aromatic nitrogens is 1. The van der Waals surface area contributed by atoms with Gasteiger partial charge in [0.2, 0.25) is 10.0 Å². The molecule has 0 saturated carbocycles. The molecule has 4 nitrogen and oxygen atoms in total. The number of rotatable bonds is 4. The second kappa shape index (κ2) is 4.72. The number of sulfonamides is 1. The fourth-order valence-electron chi connectivity index (χ4n) is 0.870. The van der Waals surface area contributed by atoms with Crippen LogP contribution in [0.3, 0.4) is 0 Å². The quantitative estimate of drug-likeness (QED) is 0.791. The summed E-state index contributed by atoms with van der Waals surface area (Å²) in [6.45, 7) is 1.70. The summed E-state index contributed by atoms with van der Waals surface area (Å²) >= 11 is 5.50. The van der Waals surface area contributed by atoms with Crippen molar-refractivity contribution >= 4 is 21.6 Å². The lowest BCUT2D eigenvalue weighted by molar-refractivity contribution is 0.570. The van der Waals surface area contributed by atoms with Gasteiger partial charge in [0.15, 0.2) is 0 Å². The van der Waals surface area contributed by atoms with Gasteiger partial charge in [-0.3, -0.25) is 4.98 Å². The van der Waals surface area contributed by atoms with Crippen LogP contribution in [0.1, 0.15) is 6.92 Å². The average Bonchev–Trinajstić information content (AvgIpc) is 2.18. The molecule has 14 heavy (non-hydrogen) atoms. The number of hydrogen-bond acceptors (Lipinski definition) is 3. The molecule has 1 atom stereocenters. The second-order valence-corrected chi connectivity index (χ2v) is 4.89. The molecule has 0 aliphatic carbocycles. The van der Waals surface area contributed by atoms with E-state index in [-0.39, 0.29) is 16.8 Å². The molecule has 1 aromatic heterocycles. The number of hydrogen-bond donors (Lipinski definition) is 1. The van der Waals surface area contributed by atoms with Gasteiger partial charge in [-0.25, -0.2) is 13.1 Å². The molecule has 78 valence electrons. The van der Waals surface area contributed by atoms with E-state index >= 15 is 0 Å². The van der Waals surface area contributed by atoms with Crippen molar-refractivity contribution in [2.75, 3.05) is 5.88 Å². The van der Waals surface area contributed by atoms with Crippen molar-refractivity contribution in [3.05, 3.63) is 24.5 Å². The molecule has 6 heteroatoms. The fraction of sp³-hybridized carbons (Fsp3) is 0.375. The van der Waals surface area contributed by atoms with Crippen LogP contribution in [0.25, 0.3) is 0 Å². The highest BCUT2D eigenvalue weighted by atomic mass is 35.5. The van der Waals surface area contributed by atoms with Crippen LogP contribution in [-0.4, -0.2) is 25.3 Å². The Kier molecular flexibility index (Phi) is 3.86. The molecule has 0 aliphatic heterocycles. The van der Waals surface area contributed by atoms with E-state index in [0.29, 0.717) is 0 Å². The highest BCUT2D eigenvalue weighted by Crippen LogP contribution is 2.06. The van der Waals surface area contributed by atoms with Crippen molar-refractivity contribution in [3.8, 4) is 0 Å². The third kappa shape index (κ3) is 2.94. The summed E-state index contributed by atoms with van der Waals surface area (Å²) < 4.78 is 25.6. The Morgan fingerprint density at radius 1 is 1.64 bits per heavy atom. The molecule has 0 spiro atoms. The zero-order chi connectivity index (χ0) is 10.6. The number of pyridine rings is 1. The highest BCUT2D eigenvalue weighted by Gasteiger charge is 2.16. The zero-order valence-electron chi connectivity index (χ0n) is 7.64. The van der Waals surface area contributed by atoms with E-state index in [1.54, 1.807) is 13.0 Å². The largest absolute Gasteiger partial charge is 0.263 e. The predicted octanol–water partition coefficient (Wildman–Crippen LogP) is 0.987. The summed E-state index contributed by atoms with van der Waals surface area (Å²) in [5.41, 5.74) is 0. The first-order valence-electron chi connectivity index (χ1n) is 4.04. The molecule has 1 aromatic rings. The van der Waals surface area contributed by atoms with Crippen molar-refractivity contribution in [2.45, 2.75) is 17.9 Å². The first-order valence-corrected chi connectivity index (χ1v) is 6.06. The molecule has 1 unspecified atom stereocenters. The predicted molar refractivity (Wildman–Crippen MR) is 54.7 cm³/mol. The van der Waals surface area contributed by atoms with Crippen LogP contribution >= 0.6 is 11.6 Å². The first kappa shape index (κ1) is 11.4. The Hall–Kier alpha value is -0.650. The summed E-state index contributed by atoms with van der Waals surface area (Å²) in [5.74, 6) is 0.236. The minimum absolute atomic E-state index is 0.150. The lowest BCUT2D eigenvalue weighted by Gasteiger charge is -2.10. The molecule has 0 radical (unpaired) electrons.